The van der Waals surface area contributed by atoms with Crippen molar-refractivity contribution < 1.29 is 14.3 Å². The van der Waals surface area contributed by atoms with Crippen molar-refractivity contribution in [3.63, 3.8) is 0 Å². The summed E-state index contributed by atoms with van der Waals surface area (Å²) >= 11 is 0. The Balaban J connectivity index is 1.80. The average Bonchev–Trinajstić information content (AvgIpc) is 2.67. The molecule has 1 saturated heterocycles. The van der Waals surface area contributed by atoms with Gasteiger partial charge >= 0.3 is 0 Å². The second-order valence-electron chi connectivity index (χ2n) is 6.17. The average molecular weight is 340 g/mol. The summed E-state index contributed by atoms with van der Waals surface area (Å²) in [5.74, 6) is 1.04. The summed E-state index contributed by atoms with van der Waals surface area (Å²) in [4.78, 5) is 17.3. The molecule has 0 spiro atoms. The van der Waals surface area contributed by atoms with Crippen LogP contribution in [-0.4, -0.2) is 50.7 Å². The minimum absolute atomic E-state index is 0.0474. The lowest BCUT2D eigenvalue weighted by Gasteiger charge is -2.41. The quantitative estimate of drug-likeness (QED) is 0.858. The molecule has 25 heavy (non-hydrogen) atoms. The van der Waals surface area contributed by atoms with Gasteiger partial charge in [-0.05, 0) is 31.2 Å². The third-order valence-electron chi connectivity index (χ3n) is 4.64. The van der Waals surface area contributed by atoms with Crippen LogP contribution in [0.5, 0.6) is 11.5 Å². The molecule has 3 rings (SSSR count). The molecule has 132 valence electrons. The number of carbonyl (C=O) groups is 1. The molecule has 1 amide bonds. The monoisotopic (exact) mass is 340 g/mol. The first-order valence-corrected chi connectivity index (χ1v) is 8.47. The highest BCUT2D eigenvalue weighted by molar-refractivity contribution is 6.00. The number of para-hydroxylation sites is 1. The topological polar surface area (TPSA) is 42.0 Å². The number of methoxy groups -OCH3 is 2. The van der Waals surface area contributed by atoms with Gasteiger partial charge in [-0.3, -0.25) is 4.79 Å². The van der Waals surface area contributed by atoms with Crippen molar-refractivity contribution in [3.05, 3.63) is 54.1 Å². The number of benzene rings is 2. The molecule has 2 aromatic rings. The van der Waals surface area contributed by atoms with E-state index in [1.54, 1.807) is 26.4 Å². The molecule has 1 fully saturated rings. The number of ether oxygens (including phenoxy) is 2. The Hall–Kier alpha value is -2.69. The fourth-order valence-corrected chi connectivity index (χ4v) is 3.37. The van der Waals surface area contributed by atoms with E-state index in [1.165, 1.54) is 5.69 Å². The lowest BCUT2D eigenvalue weighted by Crippen LogP contribution is -2.53. The highest BCUT2D eigenvalue weighted by atomic mass is 16.5. The zero-order chi connectivity index (χ0) is 17.8. The SMILES string of the molecule is COc1cccc(OC)c1C(=O)N1CCN(c2ccccc2)C(C)C1. The number of carbonyl (C=O) groups excluding carboxylic acids is 1. The van der Waals surface area contributed by atoms with Crippen LogP contribution in [0.15, 0.2) is 48.5 Å². The number of amides is 1. The number of piperazine rings is 1. The summed E-state index contributed by atoms with van der Waals surface area (Å²) in [5, 5.41) is 0. The predicted molar refractivity (Wildman–Crippen MR) is 98.7 cm³/mol. The van der Waals surface area contributed by atoms with Crippen LogP contribution in [0.1, 0.15) is 17.3 Å². The van der Waals surface area contributed by atoms with Crippen molar-refractivity contribution in [2.75, 3.05) is 38.8 Å². The zero-order valence-corrected chi connectivity index (χ0v) is 14.9. The van der Waals surface area contributed by atoms with Gasteiger partial charge in [0.05, 0.1) is 14.2 Å². The largest absolute Gasteiger partial charge is 0.496 e. The van der Waals surface area contributed by atoms with E-state index in [0.717, 1.165) is 6.54 Å². The summed E-state index contributed by atoms with van der Waals surface area (Å²) in [7, 11) is 3.14. The minimum atomic E-state index is -0.0474. The van der Waals surface area contributed by atoms with Crippen LogP contribution in [-0.2, 0) is 0 Å². The maximum Gasteiger partial charge on any atom is 0.261 e. The zero-order valence-electron chi connectivity index (χ0n) is 14.9. The van der Waals surface area contributed by atoms with Crippen molar-refractivity contribution >= 4 is 11.6 Å². The van der Waals surface area contributed by atoms with Crippen LogP contribution in [0.4, 0.5) is 5.69 Å². The second kappa shape index (κ2) is 7.47. The first-order chi connectivity index (χ1) is 12.2. The van der Waals surface area contributed by atoms with Gasteiger partial charge in [-0.25, -0.2) is 0 Å². The van der Waals surface area contributed by atoms with Crippen LogP contribution in [0.25, 0.3) is 0 Å². The van der Waals surface area contributed by atoms with Crippen molar-refractivity contribution in [1.82, 2.24) is 4.90 Å². The normalized spacial score (nSPS) is 17.3. The van der Waals surface area contributed by atoms with Gasteiger partial charge in [0.1, 0.15) is 17.1 Å². The Bertz CT molecular complexity index is 711. The maximum absolute atomic E-state index is 13.1. The third kappa shape index (κ3) is 3.40. The number of hydrogen-bond donors (Lipinski definition) is 0. The molecule has 5 nitrogen and oxygen atoms in total. The molecule has 1 unspecified atom stereocenters. The lowest BCUT2D eigenvalue weighted by molar-refractivity contribution is 0.0719. The first kappa shape index (κ1) is 17.1. The summed E-state index contributed by atoms with van der Waals surface area (Å²) in [6, 6.07) is 16.0. The van der Waals surface area contributed by atoms with Crippen LogP contribution in [0, 0.1) is 0 Å². The van der Waals surface area contributed by atoms with Crippen LogP contribution in [0.3, 0.4) is 0 Å². The van der Waals surface area contributed by atoms with E-state index in [0.29, 0.717) is 30.2 Å². The second-order valence-corrected chi connectivity index (χ2v) is 6.17. The fraction of sp³-hybridized carbons (Fsp3) is 0.350. The van der Waals surface area contributed by atoms with E-state index in [-0.39, 0.29) is 11.9 Å². The van der Waals surface area contributed by atoms with Gasteiger partial charge in [0, 0.05) is 31.4 Å². The predicted octanol–water partition coefficient (Wildman–Crippen LogP) is 3.05. The highest BCUT2D eigenvalue weighted by Crippen LogP contribution is 2.30. The van der Waals surface area contributed by atoms with Crippen molar-refractivity contribution in [3.8, 4) is 11.5 Å². The van der Waals surface area contributed by atoms with E-state index in [4.69, 9.17) is 9.47 Å². The van der Waals surface area contributed by atoms with Gasteiger partial charge in [-0.2, -0.15) is 0 Å². The maximum atomic E-state index is 13.1. The van der Waals surface area contributed by atoms with Crippen molar-refractivity contribution in [1.29, 1.82) is 0 Å². The van der Waals surface area contributed by atoms with Crippen molar-refractivity contribution in [2.24, 2.45) is 0 Å². The number of anilines is 1. The fourth-order valence-electron chi connectivity index (χ4n) is 3.37. The Kier molecular flexibility index (Phi) is 5.12. The highest BCUT2D eigenvalue weighted by Gasteiger charge is 2.30. The number of hydrogen-bond acceptors (Lipinski definition) is 4. The van der Waals surface area contributed by atoms with Gasteiger partial charge in [-0.15, -0.1) is 0 Å². The van der Waals surface area contributed by atoms with Gasteiger partial charge in [0.25, 0.3) is 5.91 Å². The molecule has 1 aliphatic heterocycles. The summed E-state index contributed by atoms with van der Waals surface area (Å²) in [5.41, 5.74) is 1.69. The molecule has 0 aliphatic carbocycles. The molecule has 1 aliphatic rings. The molecular formula is C20H24N2O3. The van der Waals surface area contributed by atoms with E-state index in [2.05, 4.69) is 24.0 Å². The minimum Gasteiger partial charge on any atom is -0.496 e. The Labute approximate surface area is 148 Å². The van der Waals surface area contributed by atoms with Gasteiger partial charge < -0.3 is 19.3 Å². The number of rotatable bonds is 4. The van der Waals surface area contributed by atoms with Gasteiger partial charge in [0.15, 0.2) is 0 Å². The lowest BCUT2D eigenvalue weighted by atomic mass is 10.1. The van der Waals surface area contributed by atoms with E-state index in [1.807, 2.05) is 29.2 Å². The standard InChI is InChI=1S/C20H24N2O3/c1-15-14-21(12-13-22(15)16-8-5-4-6-9-16)20(23)19-17(24-2)10-7-11-18(19)25-3/h4-11,15H,12-14H2,1-3H3. The van der Waals surface area contributed by atoms with Crippen LogP contribution >= 0.6 is 0 Å². The smallest absolute Gasteiger partial charge is 0.261 e. The molecule has 0 saturated carbocycles. The summed E-state index contributed by atoms with van der Waals surface area (Å²) in [6.07, 6.45) is 0. The van der Waals surface area contributed by atoms with Crippen molar-refractivity contribution in [2.45, 2.75) is 13.0 Å². The third-order valence-corrected chi connectivity index (χ3v) is 4.64. The van der Waals surface area contributed by atoms with Crippen LogP contribution < -0.4 is 14.4 Å². The molecular weight excluding hydrogens is 316 g/mol. The van der Waals surface area contributed by atoms with Gasteiger partial charge in [-0.1, -0.05) is 24.3 Å². The molecule has 1 atom stereocenters. The number of nitrogens with zero attached hydrogens (tertiary/aromatic N) is 2. The molecule has 0 bridgehead atoms. The Morgan fingerprint density at radius 3 is 2.16 bits per heavy atom. The van der Waals surface area contributed by atoms with Gasteiger partial charge in [0.2, 0.25) is 0 Å². The summed E-state index contributed by atoms with van der Waals surface area (Å²) in [6.45, 7) is 4.27. The van der Waals surface area contributed by atoms with E-state index < -0.39 is 0 Å². The molecule has 5 heteroatoms. The Morgan fingerprint density at radius 2 is 1.60 bits per heavy atom. The van der Waals surface area contributed by atoms with E-state index in [9.17, 15) is 4.79 Å². The first-order valence-electron chi connectivity index (χ1n) is 8.47. The molecule has 1 heterocycles. The molecule has 0 radical (unpaired) electrons. The van der Waals surface area contributed by atoms with E-state index >= 15 is 0 Å². The van der Waals surface area contributed by atoms with Crippen LogP contribution in [0.2, 0.25) is 0 Å². The molecule has 2 aromatic carbocycles. The Morgan fingerprint density at radius 1 is 0.960 bits per heavy atom. The molecule has 0 aromatic heterocycles. The summed E-state index contributed by atoms with van der Waals surface area (Å²) < 4.78 is 10.8. The molecule has 0 N–H and O–H groups in total.